The lowest BCUT2D eigenvalue weighted by molar-refractivity contribution is -0.133. The lowest BCUT2D eigenvalue weighted by Crippen LogP contribution is -2.47. The van der Waals surface area contributed by atoms with Gasteiger partial charge >= 0.3 is 0 Å². The van der Waals surface area contributed by atoms with Crippen molar-refractivity contribution < 1.29 is 19.1 Å². The average molecular weight is 777 g/mol. The summed E-state index contributed by atoms with van der Waals surface area (Å²) in [5.41, 5.74) is 8.85. The number of hydrogen-bond acceptors (Lipinski definition) is 13. The molecule has 1 unspecified atom stereocenters. The largest absolute Gasteiger partial charge is 0.490 e. The number of carbonyl (C=O) groups is 2. The van der Waals surface area contributed by atoms with Crippen molar-refractivity contribution >= 4 is 45.7 Å². The Balaban J connectivity index is 0.729. The van der Waals surface area contributed by atoms with Gasteiger partial charge in [-0.3, -0.25) is 19.8 Å². The molecule has 14 heteroatoms. The van der Waals surface area contributed by atoms with Crippen LogP contribution in [-0.4, -0.2) is 80.5 Å². The molecule has 14 nitrogen and oxygen atoms in total. The summed E-state index contributed by atoms with van der Waals surface area (Å²) in [6, 6.07) is 21.9. The zero-order valence-electron chi connectivity index (χ0n) is 32.2. The van der Waals surface area contributed by atoms with Gasteiger partial charge in [0.15, 0.2) is 11.6 Å². The molecule has 58 heavy (non-hydrogen) atoms. The first kappa shape index (κ1) is 36.9. The van der Waals surface area contributed by atoms with Crippen LogP contribution < -0.4 is 30.7 Å². The normalized spacial score (nSPS) is 17.2. The van der Waals surface area contributed by atoms with Crippen LogP contribution >= 0.6 is 0 Å². The molecule has 6 aromatic rings. The van der Waals surface area contributed by atoms with E-state index in [1.165, 1.54) is 5.56 Å². The summed E-state index contributed by atoms with van der Waals surface area (Å²) < 4.78 is 11.8. The lowest BCUT2D eigenvalue weighted by Gasteiger charge is -2.31. The number of anilines is 4. The second-order valence-corrected chi connectivity index (χ2v) is 15.0. The van der Waals surface area contributed by atoms with Crippen LogP contribution in [0.25, 0.3) is 33.4 Å². The Morgan fingerprint density at radius 3 is 2.43 bits per heavy atom. The highest BCUT2D eigenvalue weighted by Gasteiger charge is 2.26. The van der Waals surface area contributed by atoms with Crippen LogP contribution in [0.5, 0.6) is 11.6 Å². The second kappa shape index (κ2) is 16.4. The number of pyridine rings is 1. The summed E-state index contributed by atoms with van der Waals surface area (Å²) in [7, 11) is 0. The predicted molar refractivity (Wildman–Crippen MR) is 222 cm³/mol. The molecule has 0 aliphatic carbocycles. The summed E-state index contributed by atoms with van der Waals surface area (Å²) >= 11 is 0. The number of hydrogen-bond donors (Lipinski definition) is 4. The van der Waals surface area contributed by atoms with E-state index in [0.717, 1.165) is 89.2 Å². The molecule has 0 saturated carbocycles. The van der Waals surface area contributed by atoms with E-state index in [-0.39, 0.29) is 11.8 Å². The van der Waals surface area contributed by atoms with E-state index in [1.54, 1.807) is 12.4 Å². The fourth-order valence-corrected chi connectivity index (χ4v) is 7.66. The van der Waals surface area contributed by atoms with Gasteiger partial charge in [-0.2, -0.15) is 0 Å². The number of piperidine rings is 2. The van der Waals surface area contributed by atoms with Crippen LogP contribution in [0.2, 0.25) is 0 Å². The summed E-state index contributed by atoms with van der Waals surface area (Å²) in [5.74, 6) is 2.39. The molecule has 9 rings (SSSR count). The van der Waals surface area contributed by atoms with Crippen LogP contribution in [0.1, 0.15) is 36.8 Å². The highest BCUT2D eigenvalue weighted by molar-refractivity contribution is 6.01. The molecule has 3 aromatic carbocycles. The minimum absolute atomic E-state index is 0.230. The first-order valence-corrected chi connectivity index (χ1v) is 19.8. The summed E-state index contributed by atoms with van der Waals surface area (Å²) in [6.07, 6.45) is 10.1. The van der Waals surface area contributed by atoms with Gasteiger partial charge in [-0.25, -0.2) is 24.9 Å². The molecule has 3 aliphatic rings. The zero-order valence-corrected chi connectivity index (χ0v) is 32.2. The fourth-order valence-electron chi connectivity index (χ4n) is 7.66. The Labute approximate surface area is 335 Å². The van der Waals surface area contributed by atoms with Gasteiger partial charge in [-0.05, 0) is 104 Å². The number of rotatable bonds is 11. The molecule has 0 bridgehead atoms. The average Bonchev–Trinajstić information content (AvgIpc) is 3.25. The highest BCUT2D eigenvalue weighted by Crippen LogP contribution is 2.36. The Morgan fingerprint density at radius 2 is 1.64 bits per heavy atom. The number of carbonyl (C=O) groups excluding carboxylic acids is 2. The molecule has 1 atom stereocenters. The molecule has 2 fully saturated rings. The van der Waals surface area contributed by atoms with Crippen molar-refractivity contribution in [3.8, 4) is 34.1 Å². The van der Waals surface area contributed by atoms with Gasteiger partial charge in [-0.1, -0.05) is 24.3 Å². The maximum atomic E-state index is 12.1. The van der Waals surface area contributed by atoms with Gasteiger partial charge in [0.25, 0.3) is 0 Å². The van der Waals surface area contributed by atoms with Crippen molar-refractivity contribution in [2.75, 3.05) is 48.8 Å². The maximum Gasteiger partial charge on any atom is 0.249 e. The van der Waals surface area contributed by atoms with Gasteiger partial charge in [0.1, 0.15) is 18.3 Å². The Bertz CT molecular complexity index is 2440. The second-order valence-electron chi connectivity index (χ2n) is 15.0. The predicted octanol–water partition coefficient (Wildman–Crippen LogP) is 6.51. The van der Waals surface area contributed by atoms with Crippen molar-refractivity contribution in [3.05, 3.63) is 103 Å². The van der Waals surface area contributed by atoms with Gasteiger partial charge in [-0.15, -0.1) is 0 Å². The minimum atomic E-state index is -0.427. The molecule has 2 amide bonds. The monoisotopic (exact) mass is 776 g/mol. The smallest absolute Gasteiger partial charge is 0.249 e. The Morgan fingerprint density at radius 1 is 0.862 bits per heavy atom. The van der Waals surface area contributed by atoms with E-state index < -0.39 is 6.04 Å². The number of amides is 2. The van der Waals surface area contributed by atoms with Crippen molar-refractivity contribution in [3.63, 3.8) is 0 Å². The molecule has 0 spiro atoms. The summed E-state index contributed by atoms with van der Waals surface area (Å²) in [6.45, 7) is 7.02. The van der Waals surface area contributed by atoms with Crippen LogP contribution in [0.3, 0.4) is 0 Å². The topological polar surface area (TPSA) is 168 Å². The number of benzene rings is 3. The third-order valence-electron chi connectivity index (χ3n) is 11.0. The van der Waals surface area contributed by atoms with Gasteiger partial charge in [0, 0.05) is 59.8 Å². The van der Waals surface area contributed by atoms with E-state index >= 15 is 0 Å². The van der Waals surface area contributed by atoms with Gasteiger partial charge in [0.05, 0.1) is 24.5 Å². The van der Waals surface area contributed by atoms with Crippen LogP contribution in [0, 0.1) is 12.8 Å². The number of nitrogens with one attached hydrogen (secondary N) is 4. The molecule has 294 valence electrons. The first-order valence-electron chi connectivity index (χ1n) is 19.8. The van der Waals surface area contributed by atoms with Crippen LogP contribution in [0.15, 0.2) is 91.5 Å². The number of aromatic nitrogens is 5. The van der Waals surface area contributed by atoms with E-state index in [0.29, 0.717) is 55.4 Å². The fraction of sp³-hybridized carbons (Fsp3) is 0.295. The van der Waals surface area contributed by atoms with Crippen LogP contribution in [0.4, 0.5) is 23.0 Å². The minimum Gasteiger partial charge on any atom is -0.490 e. The SMILES string of the molecule is Cc1c(-c2ccc3cnc(Nc4ccc(CN5CCC(COc6cnc(-c7ccc(NC8CCC(=O)NC8=O)cc7)nc6)CC5)cc4)nc3c2)cnc2c1NCCO2. The molecule has 3 aliphatic heterocycles. The van der Waals surface area contributed by atoms with E-state index in [9.17, 15) is 9.59 Å². The molecule has 0 radical (unpaired) electrons. The third kappa shape index (κ3) is 8.37. The molecule has 6 heterocycles. The van der Waals surface area contributed by atoms with E-state index in [2.05, 4.69) is 89.4 Å². The van der Waals surface area contributed by atoms with Gasteiger partial charge < -0.3 is 25.4 Å². The number of ether oxygens (including phenoxy) is 2. The molecular weight excluding hydrogens is 733 g/mol. The molecule has 4 N–H and O–H groups in total. The van der Waals surface area contributed by atoms with Crippen molar-refractivity contribution in [2.24, 2.45) is 5.92 Å². The highest BCUT2D eigenvalue weighted by atomic mass is 16.5. The number of likely N-dealkylation sites (tertiary alicyclic amines) is 1. The number of fused-ring (bicyclic) bond motifs is 2. The van der Waals surface area contributed by atoms with E-state index in [1.807, 2.05) is 42.7 Å². The third-order valence-corrected chi connectivity index (χ3v) is 11.0. The Kier molecular flexibility index (Phi) is 10.5. The zero-order chi connectivity index (χ0) is 39.4. The summed E-state index contributed by atoms with van der Waals surface area (Å²) in [5, 5.41) is 13.3. The standard InChI is InChI=1S/C44H44N10O4/c1-27-36(24-48-43-40(27)45-16-19-57-43)31-4-5-32-21-49-44(52-38(32)20-31)51-34-8-2-28(3-9-34)25-54-17-14-29(15-18-54)26-58-35-22-46-41(47-23-35)30-6-10-33(11-7-30)50-37-12-13-39(55)53-42(37)56/h2-11,20-24,29,37,45,50H,12-19,25-26H2,1H3,(H,49,51,52)(H,53,55,56). The van der Waals surface area contributed by atoms with E-state index in [4.69, 9.17) is 14.5 Å². The number of imide groups is 1. The van der Waals surface area contributed by atoms with Crippen LogP contribution in [-0.2, 0) is 16.1 Å². The molecule has 3 aromatic heterocycles. The lowest BCUT2D eigenvalue weighted by atomic mass is 9.97. The van der Waals surface area contributed by atoms with Crippen molar-refractivity contribution in [1.82, 2.24) is 35.1 Å². The van der Waals surface area contributed by atoms with Crippen molar-refractivity contribution in [2.45, 2.75) is 45.2 Å². The molecule has 2 saturated heterocycles. The Hall–Kier alpha value is -6.67. The quantitative estimate of drug-likeness (QED) is 0.105. The first-order chi connectivity index (χ1) is 28.4. The van der Waals surface area contributed by atoms with Crippen molar-refractivity contribution in [1.29, 1.82) is 0 Å². The van der Waals surface area contributed by atoms with Gasteiger partial charge in [0.2, 0.25) is 23.6 Å². The molecular formula is C44H44N10O4. The maximum absolute atomic E-state index is 12.1. The summed E-state index contributed by atoms with van der Waals surface area (Å²) in [4.78, 5) is 49.0. The number of nitrogens with zero attached hydrogens (tertiary/aromatic N) is 6.